The van der Waals surface area contributed by atoms with Crippen LogP contribution in [-0.4, -0.2) is 15.0 Å². The molecule has 1 radical (unpaired) electrons. The quantitative estimate of drug-likeness (QED) is 0.157. The summed E-state index contributed by atoms with van der Waals surface area (Å²) in [5.74, 6) is 0.812. The molecule has 0 atom stereocenters. The monoisotopic (exact) mass is 794 g/mol. The van der Waals surface area contributed by atoms with E-state index < -0.39 is 0 Å². The Morgan fingerprint density at radius 2 is 1.49 bits per heavy atom. The van der Waals surface area contributed by atoms with Gasteiger partial charge in [0.15, 0.2) is 0 Å². The summed E-state index contributed by atoms with van der Waals surface area (Å²) in [6.45, 7) is 13.2. The molecular weight excluding hydrogens is 755 g/mol. The van der Waals surface area contributed by atoms with Crippen LogP contribution in [0.2, 0.25) is 0 Å². The van der Waals surface area contributed by atoms with Crippen LogP contribution < -0.4 is 0 Å². The molecule has 0 amide bonds. The average molecular weight is 794 g/mol. The summed E-state index contributed by atoms with van der Waals surface area (Å²) in [5, 5.41) is 2.06. The van der Waals surface area contributed by atoms with Crippen molar-refractivity contribution in [2.45, 2.75) is 59.8 Å². The molecule has 7 rings (SSSR count). The number of nitrogens with zero attached hydrogens (tertiary/aromatic N) is 3. The minimum Gasteiger partial charge on any atom is -0.486 e. The molecular formula is C42H39IrN3O-2. The number of benzene rings is 3. The fourth-order valence-corrected chi connectivity index (χ4v) is 5.96. The van der Waals surface area contributed by atoms with Gasteiger partial charge in [-0.3, -0.25) is 0 Å². The zero-order valence-corrected chi connectivity index (χ0v) is 30.2. The molecule has 0 aliphatic heterocycles. The second-order valence-corrected chi connectivity index (χ2v) is 12.2. The Bertz CT molecular complexity index is 2040. The summed E-state index contributed by atoms with van der Waals surface area (Å²) in [5.41, 5.74) is 12.6. The Hall–Kier alpha value is -4.44. The molecule has 239 valence electrons. The molecule has 0 aliphatic carbocycles. The van der Waals surface area contributed by atoms with Gasteiger partial charge in [0.1, 0.15) is 0 Å². The molecule has 47 heavy (non-hydrogen) atoms. The van der Waals surface area contributed by atoms with Crippen LogP contribution in [0.3, 0.4) is 0 Å². The molecule has 0 bridgehead atoms. The molecule has 3 aromatic carbocycles. The second-order valence-electron chi connectivity index (χ2n) is 12.2. The predicted molar refractivity (Wildman–Crippen MR) is 190 cm³/mol. The van der Waals surface area contributed by atoms with Crippen molar-refractivity contribution in [3.05, 3.63) is 138 Å². The Balaban J connectivity index is 0.000000280. The first-order valence-corrected chi connectivity index (χ1v) is 16.1. The maximum Gasteiger partial charge on any atom is 0.216 e. The minimum absolute atomic E-state index is 0. The van der Waals surface area contributed by atoms with E-state index in [2.05, 4.69) is 101 Å². The van der Waals surface area contributed by atoms with Gasteiger partial charge in [-0.25, -0.2) is 4.98 Å². The van der Waals surface area contributed by atoms with E-state index in [0.717, 1.165) is 51.0 Å². The Labute approximate surface area is 291 Å². The van der Waals surface area contributed by atoms with Gasteiger partial charge < -0.3 is 14.4 Å². The molecule has 0 N–H and O–H groups in total. The summed E-state index contributed by atoms with van der Waals surface area (Å²) in [7, 11) is 0. The summed E-state index contributed by atoms with van der Waals surface area (Å²) < 4.78 is 6.41. The van der Waals surface area contributed by atoms with Crippen LogP contribution in [0, 0.1) is 19.1 Å². The van der Waals surface area contributed by atoms with Gasteiger partial charge in [-0.1, -0.05) is 87.5 Å². The van der Waals surface area contributed by atoms with Crippen molar-refractivity contribution in [1.29, 1.82) is 0 Å². The van der Waals surface area contributed by atoms with Crippen LogP contribution in [0.1, 0.15) is 68.7 Å². The number of hydrogen-bond donors (Lipinski definition) is 0. The SMILES string of the molecule is CCc1cnc(-c2[c-]ccc3c2oc2nc(-c4c(C(C)C)cccc4C(C)C)ccc23)cc1C.[Ir].[c-]1ccccc1-c1ccccn1. The first kappa shape index (κ1) is 33.9. The van der Waals surface area contributed by atoms with Gasteiger partial charge in [-0.05, 0) is 71.5 Å². The van der Waals surface area contributed by atoms with Crippen molar-refractivity contribution in [3.63, 3.8) is 0 Å². The van der Waals surface area contributed by atoms with E-state index in [0.29, 0.717) is 17.5 Å². The maximum atomic E-state index is 6.41. The van der Waals surface area contributed by atoms with Gasteiger partial charge in [-0.15, -0.1) is 54.1 Å². The van der Waals surface area contributed by atoms with E-state index >= 15 is 0 Å². The minimum atomic E-state index is 0. The number of pyridine rings is 3. The third kappa shape index (κ3) is 7.12. The molecule has 0 unspecified atom stereocenters. The summed E-state index contributed by atoms with van der Waals surface area (Å²) in [4.78, 5) is 14.0. The van der Waals surface area contributed by atoms with E-state index in [9.17, 15) is 0 Å². The summed E-state index contributed by atoms with van der Waals surface area (Å²) in [6, 6.07) is 37.2. The number of aryl methyl sites for hydroxylation is 2. The number of rotatable bonds is 6. The van der Waals surface area contributed by atoms with Crippen LogP contribution >= 0.6 is 0 Å². The summed E-state index contributed by atoms with van der Waals surface area (Å²) in [6.07, 6.45) is 4.73. The fourth-order valence-electron chi connectivity index (χ4n) is 5.96. The first-order valence-electron chi connectivity index (χ1n) is 16.1. The zero-order chi connectivity index (χ0) is 32.2. The number of furan rings is 1. The van der Waals surface area contributed by atoms with E-state index in [4.69, 9.17) is 14.4 Å². The van der Waals surface area contributed by atoms with Gasteiger partial charge in [0.05, 0.1) is 11.3 Å². The van der Waals surface area contributed by atoms with Gasteiger partial charge in [-0.2, -0.15) is 0 Å². The van der Waals surface area contributed by atoms with Gasteiger partial charge in [0.2, 0.25) is 5.71 Å². The topological polar surface area (TPSA) is 51.8 Å². The Morgan fingerprint density at radius 3 is 2.13 bits per heavy atom. The predicted octanol–water partition coefficient (Wildman–Crippen LogP) is 11.2. The van der Waals surface area contributed by atoms with Crippen LogP contribution in [0.25, 0.3) is 55.8 Å². The fraction of sp³-hybridized carbons (Fsp3) is 0.214. The van der Waals surface area contributed by atoms with Crippen molar-refractivity contribution in [2.24, 2.45) is 0 Å². The molecule has 0 spiro atoms. The normalized spacial score (nSPS) is 11.1. The molecule has 4 heterocycles. The smallest absolute Gasteiger partial charge is 0.216 e. The Morgan fingerprint density at radius 1 is 0.723 bits per heavy atom. The molecule has 4 nitrogen and oxygen atoms in total. The van der Waals surface area contributed by atoms with Crippen LogP contribution in [-0.2, 0) is 26.5 Å². The molecule has 0 aliphatic rings. The van der Waals surface area contributed by atoms with Gasteiger partial charge in [0.25, 0.3) is 0 Å². The van der Waals surface area contributed by atoms with Crippen molar-refractivity contribution in [3.8, 4) is 33.8 Å². The summed E-state index contributed by atoms with van der Waals surface area (Å²) >= 11 is 0. The van der Waals surface area contributed by atoms with Crippen LogP contribution in [0.5, 0.6) is 0 Å². The van der Waals surface area contributed by atoms with Crippen molar-refractivity contribution < 1.29 is 24.5 Å². The second kappa shape index (κ2) is 15.0. The van der Waals surface area contributed by atoms with Crippen molar-refractivity contribution in [1.82, 2.24) is 15.0 Å². The third-order valence-corrected chi connectivity index (χ3v) is 8.43. The number of fused-ring (bicyclic) bond motifs is 3. The van der Waals surface area contributed by atoms with E-state index in [1.165, 1.54) is 27.8 Å². The van der Waals surface area contributed by atoms with Crippen molar-refractivity contribution in [2.75, 3.05) is 0 Å². The first-order chi connectivity index (χ1) is 22.4. The molecule has 5 heteroatoms. The van der Waals surface area contributed by atoms with Crippen molar-refractivity contribution >= 4 is 22.1 Å². The maximum absolute atomic E-state index is 6.41. The Kier molecular flexibility index (Phi) is 10.8. The van der Waals surface area contributed by atoms with Crippen LogP contribution in [0.15, 0.2) is 108 Å². The number of hydrogen-bond acceptors (Lipinski definition) is 4. The number of aromatic nitrogens is 3. The molecule has 0 fully saturated rings. The van der Waals surface area contributed by atoms with E-state index in [1.807, 2.05) is 54.7 Å². The van der Waals surface area contributed by atoms with Gasteiger partial charge >= 0.3 is 0 Å². The van der Waals surface area contributed by atoms with E-state index in [1.54, 1.807) is 6.20 Å². The molecule has 0 saturated carbocycles. The van der Waals surface area contributed by atoms with Gasteiger partial charge in [0, 0.05) is 43.4 Å². The largest absolute Gasteiger partial charge is 0.486 e. The average Bonchev–Trinajstić information content (AvgIpc) is 3.47. The zero-order valence-electron chi connectivity index (χ0n) is 27.8. The van der Waals surface area contributed by atoms with Crippen LogP contribution in [0.4, 0.5) is 0 Å². The third-order valence-electron chi connectivity index (χ3n) is 8.43. The molecule has 7 aromatic rings. The molecule has 4 aromatic heterocycles. The van der Waals surface area contributed by atoms with E-state index in [-0.39, 0.29) is 20.1 Å². The standard InChI is InChI=1S/C31H31N2O.C11H8N.Ir/c1-7-21-17-32-28(16-20(21)6)26-13-9-12-24-25-14-15-27(33-31(25)34-30(24)26)29-22(18(2)3)10-8-11-23(29)19(4)5;1-2-6-10(7-3-1)11-8-4-5-9-12-11;/h8-12,14-19H,7H2,1-6H3;1-6,8-9H;/q2*-1;. The molecule has 0 saturated heterocycles.